The van der Waals surface area contributed by atoms with E-state index in [2.05, 4.69) is 6.92 Å². The topological polar surface area (TPSA) is 20.3 Å². The zero-order chi connectivity index (χ0) is 15.8. The summed E-state index contributed by atoms with van der Waals surface area (Å²) in [6.07, 6.45) is 12.1. The monoisotopic (exact) mass is 285 g/mol. The number of likely N-dealkylation sites (tertiary alicyclic amines) is 1. The summed E-state index contributed by atoms with van der Waals surface area (Å²) >= 11 is 0. The summed E-state index contributed by atoms with van der Waals surface area (Å²) < 4.78 is 0. The van der Waals surface area contributed by atoms with Gasteiger partial charge in [-0.25, -0.2) is 0 Å². The first-order valence-electron chi connectivity index (χ1n) is 8.98. The predicted molar refractivity (Wildman–Crippen MR) is 91.1 cm³/mol. The number of hydrogen-bond donors (Lipinski definition) is 0. The smallest absolute Gasteiger partial charge is 0.222 e. The fraction of sp³-hybridized carbons (Fsp3) is 0.944. The van der Waals surface area contributed by atoms with Crippen molar-refractivity contribution < 1.29 is 4.79 Å². The van der Waals surface area contributed by atoms with Gasteiger partial charge in [0.15, 0.2) is 0 Å². The van der Waals surface area contributed by atoms with E-state index in [1.807, 2.05) is 39.6 Å². The van der Waals surface area contributed by atoms with Gasteiger partial charge in [-0.05, 0) is 12.3 Å². The van der Waals surface area contributed by atoms with E-state index in [1.165, 1.54) is 44.9 Å². The summed E-state index contributed by atoms with van der Waals surface area (Å²) in [5, 5.41) is 0. The van der Waals surface area contributed by atoms with Crippen molar-refractivity contribution in [3.05, 3.63) is 0 Å². The minimum atomic E-state index is 0.310. The highest BCUT2D eigenvalue weighted by Gasteiger charge is 2.20. The molecule has 0 aromatic heterocycles. The molecule has 0 N–H and O–H groups in total. The van der Waals surface area contributed by atoms with Gasteiger partial charge in [-0.1, -0.05) is 79.6 Å². The van der Waals surface area contributed by atoms with Gasteiger partial charge in [-0.15, -0.1) is 0 Å². The van der Waals surface area contributed by atoms with Crippen LogP contribution in [-0.4, -0.2) is 24.4 Å². The Morgan fingerprint density at radius 2 is 1.35 bits per heavy atom. The molecule has 2 fully saturated rings. The Kier molecular flexibility index (Phi) is 18.0. The van der Waals surface area contributed by atoms with Crippen LogP contribution in [0.3, 0.4) is 0 Å². The molecule has 2 nitrogen and oxygen atoms in total. The lowest BCUT2D eigenvalue weighted by Gasteiger charge is -2.28. The Morgan fingerprint density at radius 3 is 1.65 bits per heavy atom. The van der Waals surface area contributed by atoms with Crippen LogP contribution in [0.15, 0.2) is 0 Å². The lowest BCUT2D eigenvalue weighted by Crippen LogP contribution is -2.36. The van der Waals surface area contributed by atoms with E-state index in [0.29, 0.717) is 5.91 Å². The Morgan fingerprint density at radius 1 is 0.950 bits per heavy atom. The molecular formula is C18H39NO. The third kappa shape index (κ3) is 11.3. The van der Waals surface area contributed by atoms with E-state index in [0.717, 1.165) is 25.3 Å². The number of amides is 1. The molecule has 2 aliphatic rings. The average molecular weight is 286 g/mol. The van der Waals surface area contributed by atoms with Crippen molar-refractivity contribution in [2.45, 2.75) is 92.4 Å². The number of hydrogen-bond acceptors (Lipinski definition) is 1. The molecule has 1 unspecified atom stereocenters. The van der Waals surface area contributed by atoms with Gasteiger partial charge in [-0.2, -0.15) is 0 Å². The van der Waals surface area contributed by atoms with Crippen LogP contribution in [0.5, 0.6) is 0 Å². The van der Waals surface area contributed by atoms with Crippen molar-refractivity contribution in [2.75, 3.05) is 13.6 Å². The molecular weight excluding hydrogens is 246 g/mol. The van der Waals surface area contributed by atoms with Crippen LogP contribution in [-0.2, 0) is 4.79 Å². The van der Waals surface area contributed by atoms with Gasteiger partial charge in [0.25, 0.3) is 0 Å². The Hall–Kier alpha value is -0.530. The van der Waals surface area contributed by atoms with E-state index in [-0.39, 0.29) is 0 Å². The first kappa shape index (κ1) is 21.8. The molecule has 0 bridgehead atoms. The molecule has 1 saturated carbocycles. The lowest BCUT2D eigenvalue weighted by atomic mass is 9.96. The number of carbonyl (C=O) groups is 1. The van der Waals surface area contributed by atoms with Gasteiger partial charge >= 0.3 is 0 Å². The van der Waals surface area contributed by atoms with E-state index >= 15 is 0 Å². The highest BCUT2D eigenvalue weighted by Crippen LogP contribution is 2.18. The normalized spacial score (nSPS) is 21.4. The van der Waals surface area contributed by atoms with Crippen LogP contribution in [0.2, 0.25) is 0 Å². The van der Waals surface area contributed by atoms with Crippen LogP contribution >= 0.6 is 0 Å². The molecule has 0 aromatic carbocycles. The highest BCUT2D eigenvalue weighted by atomic mass is 16.2. The Balaban J connectivity index is 0. The maximum absolute atomic E-state index is 11.0. The summed E-state index contributed by atoms with van der Waals surface area (Å²) in [5.74, 6) is 1.06. The zero-order valence-corrected chi connectivity index (χ0v) is 15.0. The van der Waals surface area contributed by atoms with E-state index in [9.17, 15) is 4.79 Å². The highest BCUT2D eigenvalue weighted by molar-refractivity contribution is 5.76. The van der Waals surface area contributed by atoms with Gasteiger partial charge in [0, 0.05) is 20.0 Å². The molecule has 1 saturated heterocycles. The standard InChI is InChI=1S/C8H15NO.C6H12.2C2H6/c1-3-7-4-5-8(10)9(2)6-7;1-2-4-6-5-3-1;2*1-2/h7H,3-6H2,1-2H3;1-6H2;2*1-2H3. The van der Waals surface area contributed by atoms with Gasteiger partial charge in [-0.3, -0.25) is 4.79 Å². The van der Waals surface area contributed by atoms with Crippen molar-refractivity contribution in [1.82, 2.24) is 4.90 Å². The van der Waals surface area contributed by atoms with Crippen molar-refractivity contribution >= 4 is 5.91 Å². The van der Waals surface area contributed by atoms with Crippen molar-refractivity contribution in [2.24, 2.45) is 5.92 Å². The predicted octanol–water partition coefficient (Wildman–Crippen LogP) is 5.66. The number of nitrogens with zero attached hydrogens (tertiary/aromatic N) is 1. The molecule has 1 aliphatic carbocycles. The van der Waals surface area contributed by atoms with Crippen LogP contribution in [0.25, 0.3) is 0 Å². The summed E-state index contributed by atoms with van der Waals surface area (Å²) in [6.45, 7) is 11.2. The third-order valence-corrected chi connectivity index (χ3v) is 3.80. The maximum Gasteiger partial charge on any atom is 0.222 e. The number of piperidine rings is 1. The number of carbonyl (C=O) groups excluding carboxylic acids is 1. The fourth-order valence-corrected chi connectivity index (χ4v) is 2.49. The molecule has 2 heteroatoms. The van der Waals surface area contributed by atoms with Crippen LogP contribution in [0.1, 0.15) is 92.4 Å². The lowest BCUT2D eigenvalue weighted by molar-refractivity contribution is -0.133. The molecule has 0 spiro atoms. The zero-order valence-electron chi connectivity index (χ0n) is 15.0. The maximum atomic E-state index is 11.0. The van der Waals surface area contributed by atoms with Gasteiger partial charge in [0.2, 0.25) is 5.91 Å². The van der Waals surface area contributed by atoms with E-state index in [1.54, 1.807) is 0 Å². The minimum Gasteiger partial charge on any atom is -0.345 e. The second kappa shape index (κ2) is 16.5. The largest absolute Gasteiger partial charge is 0.345 e. The van der Waals surface area contributed by atoms with Crippen LogP contribution in [0, 0.1) is 5.92 Å². The average Bonchev–Trinajstić information content (AvgIpc) is 2.56. The second-order valence-electron chi connectivity index (χ2n) is 5.21. The van der Waals surface area contributed by atoms with E-state index in [4.69, 9.17) is 0 Å². The van der Waals surface area contributed by atoms with Crippen LogP contribution in [0.4, 0.5) is 0 Å². The van der Waals surface area contributed by atoms with Gasteiger partial charge < -0.3 is 4.90 Å². The summed E-state index contributed by atoms with van der Waals surface area (Å²) in [6, 6.07) is 0. The van der Waals surface area contributed by atoms with Crippen molar-refractivity contribution in [1.29, 1.82) is 0 Å². The quantitative estimate of drug-likeness (QED) is 0.609. The molecule has 2 rings (SSSR count). The molecule has 0 aromatic rings. The summed E-state index contributed by atoms with van der Waals surface area (Å²) in [5.41, 5.74) is 0. The molecule has 0 radical (unpaired) electrons. The summed E-state index contributed by atoms with van der Waals surface area (Å²) in [4.78, 5) is 12.8. The molecule has 1 heterocycles. The number of rotatable bonds is 1. The summed E-state index contributed by atoms with van der Waals surface area (Å²) in [7, 11) is 1.89. The molecule has 1 aliphatic heterocycles. The first-order valence-corrected chi connectivity index (χ1v) is 8.98. The van der Waals surface area contributed by atoms with Crippen LogP contribution < -0.4 is 0 Å². The van der Waals surface area contributed by atoms with E-state index < -0.39 is 0 Å². The fourth-order valence-electron chi connectivity index (χ4n) is 2.49. The molecule has 20 heavy (non-hydrogen) atoms. The molecule has 122 valence electrons. The van der Waals surface area contributed by atoms with Crippen molar-refractivity contribution in [3.63, 3.8) is 0 Å². The van der Waals surface area contributed by atoms with Gasteiger partial charge in [0.05, 0.1) is 0 Å². The van der Waals surface area contributed by atoms with Crippen molar-refractivity contribution in [3.8, 4) is 0 Å². The SMILES string of the molecule is C1CCCCC1.CC.CC.CCC1CCC(=O)N(C)C1. The first-order chi connectivity index (χ1) is 9.74. The minimum absolute atomic E-state index is 0.310. The van der Waals surface area contributed by atoms with Gasteiger partial charge in [0.1, 0.15) is 0 Å². The Bertz CT molecular complexity index is 188. The second-order valence-corrected chi connectivity index (χ2v) is 5.21. The molecule has 1 atom stereocenters. The Labute approximate surface area is 128 Å². The molecule has 1 amide bonds. The third-order valence-electron chi connectivity index (χ3n) is 3.80.